The number of alkyl halides is 4. The first-order valence-corrected chi connectivity index (χ1v) is 7.65. The van der Waals surface area contributed by atoms with Crippen LogP contribution >= 0.6 is 68.0 Å². The summed E-state index contributed by atoms with van der Waals surface area (Å²) in [5.74, 6) is -0.112. The Kier molecular flexibility index (Phi) is 5.61. The molecule has 0 fully saturated rings. The van der Waals surface area contributed by atoms with Crippen molar-refractivity contribution in [1.82, 2.24) is 9.97 Å². The van der Waals surface area contributed by atoms with Crippen molar-refractivity contribution < 1.29 is 5.11 Å². The lowest BCUT2D eigenvalue weighted by Crippen LogP contribution is -2.15. The van der Waals surface area contributed by atoms with Gasteiger partial charge in [0.2, 0.25) is 14.7 Å². The van der Waals surface area contributed by atoms with E-state index in [0.29, 0.717) is 10.9 Å². The van der Waals surface area contributed by atoms with Crippen LogP contribution in [0.25, 0.3) is 0 Å². The van der Waals surface area contributed by atoms with Crippen LogP contribution in [-0.2, 0) is 0 Å². The van der Waals surface area contributed by atoms with Crippen LogP contribution in [0.5, 0.6) is 5.88 Å². The Hall–Kier alpha value is 0.740. The maximum Gasteiger partial charge on any atom is 0.215 e. The van der Waals surface area contributed by atoms with Crippen LogP contribution < -0.4 is 0 Å². The van der Waals surface area contributed by atoms with Crippen LogP contribution in [0.2, 0.25) is 0 Å². The van der Waals surface area contributed by atoms with Gasteiger partial charge >= 0.3 is 0 Å². The van der Waals surface area contributed by atoms with Crippen molar-refractivity contribution in [3.05, 3.63) is 11.8 Å². The van der Waals surface area contributed by atoms with E-state index >= 15 is 0 Å². The topological polar surface area (TPSA) is 46.0 Å². The van der Waals surface area contributed by atoms with Gasteiger partial charge in [0.1, 0.15) is 0 Å². The number of aryl methyl sites for hydroxylation is 1. The Morgan fingerprint density at radius 1 is 1.38 bits per heavy atom. The van der Waals surface area contributed by atoms with E-state index in [1.807, 2.05) is 0 Å². The van der Waals surface area contributed by atoms with Crippen LogP contribution in [0.15, 0.2) is 11.2 Å². The van der Waals surface area contributed by atoms with E-state index in [1.165, 1.54) is 6.07 Å². The highest BCUT2D eigenvalue weighted by Gasteiger charge is 2.34. The molecule has 1 aromatic rings. The number of aromatic hydroxyl groups is 1. The van der Waals surface area contributed by atoms with Crippen LogP contribution in [0.4, 0.5) is 0 Å². The molecule has 9 heteroatoms. The fraction of sp³-hybridized carbons (Fsp3) is 0.429. The second-order valence-corrected chi connectivity index (χ2v) is 7.95. The average Bonchev–Trinajstić information content (AvgIpc) is 2.13. The number of nitrogens with zero attached hydrogens (tertiary/aromatic N) is 2. The molecule has 0 aliphatic carbocycles. The maximum absolute atomic E-state index is 9.24. The summed E-state index contributed by atoms with van der Waals surface area (Å²) in [6.45, 7) is 1.73. The quantitative estimate of drug-likeness (QED) is 0.507. The molecular weight excluding hydrogens is 334 g/mol. The Morgan fingerprint density at radius 3 is 2.50 bits per heavy atom. The molecule has 90 valence electrons. The minimum atomic E-state index is -1.36. The first-order chi connectivity index (χ1) is 7.31. The summed E-state index contributed by atoms with van der Waals surface area (Å²) in [7, 11) is 2.09. The van der Waals surface area contributed by atoms with Gasteiger partial charge in [-0.2, -0.15) is 4.98 Å². The highest BCUT2D eigenvalue weighted by atomic mass is 35.5. The number of hydrogen-bond acceptors (Lipinski definition) is 5. The molecule has 0 amide bonds. The molecular formula is C7H6Cl4N2OS2. The van der Waals surface area contributed by atoms with Gasteiger partial charge in [-0.3, -0.25) is 0 Å². The molecule has 0 aliphatic rings. The fourth-order valence-electron chi connectivity index (χ4n) is 0.692. The summed E-state index contributed by atoms with van der Waals surface area (Å²) in [4.78, 5) is 6.89. The largest absolute Gasteiger partial charge is 0.493 e. The Bertz CT molecular complexity index is 357. The fourth-order valence-corrected chi connectivity index (χ4v) is 3.48. The van der Waals surface area contributed by atoms with Gasteiger partial charge in [-0.05, 0) is 28.5 Å². The highest BCUT2D eigenvalue weighted by molar-refractivity contribution is 8.77. The number of hydrogen-bond donors (Lipinski definition) is 1. The van der Waals surface area contributed by atoms with Crippen molar-refractivity contribution in [3.63, 3.8) is 0 Å². The molecule has 0 spiro atoms. The second-order valence-electron chi connectivity index (χ2n) is 2.68. The van der Waals surface area contributed by atoms with Gasteiger partial charge in [0.15, 0.2) is 4.84 Å². The summed E-state index contributed by atoms with van der Waals surface area (Å²) < 4.78 is -1.36. The normalized spacial score (nSPS) is 12.1. The SMILES string of the molecule is Cc1cc(O)nc(SSC(Cl)(Cl)C(Cl)Cl)n1. The zero-order valence-corrected chi connectivity index (χ0v) is 12.5. The summed E-state index contributed by atoms with van der Waals surface area (Å²) in [5, 5.41) is 9.58. The van der Waals surface area contributed by atoms with Crippen LogP contribution in [0.1, 0.15) is 5.69 Å². The van der Waals surface area contributed by atoms with Crippen LogP contribution in [-0.4, -0.2) is 23.6 Å². The minimum Gasteiger partial charge on any atom is -0.493 e. The number of aromatic nitrogens is 2. The van der Waals surface area contributed by atoms with E-state index in [-0.39, 0.29) is 5.88 Å². The summed E-state index contributed by atoms with van der Waals surface area (Å²) in [5.41, 5.74) is 0.638. The monoisotopic (exact) mass is 338 g/mol. The molecule has 3 nitrogen and oxygen atoms in total. The molecule has 0 unspecified atom stereocenters. The highest BCUT2D eigenvalue weighted by Crippen LogP contribution is 2.50. The van der Waals surface area contributed by atoms with Crippen molar-refractivity contribution in [2.24, 2.45) is 0 Å². The zero-order chi connectivity index (χ0) is 12.3. The second kappa shape index (κ2) is 6.07. The van der Waals surface area contributed by atoms with Gasteiger partial charge in [0.05, 0.1) is 0 Å². The third-order valence-electron chi connectivity index (χ3n) is 1.30. The molecule has 1 heterocycles. The van der Waals surface area contributed by atoms with Crippen molar-refractivity contribution in [3.8, 4) is 5.88 Å². The molecule has 0 atom stereocenters. The van der Waals surface area contributed by atoms with Crippen molar-refractivity contribution >= 4 is 68.0 Å². The van der Waals surface area contributed by atoms with Crippen LogP contribution in [0.3, 0.4) is 0 Å². The maximum atomic E-state index is 9.24. The van der Waals surface area contributed by atoms with Crippen molar-refractivity contribution in [1.29, 1.82) is 0 Å². The van der Waals surface area contributed by atoms with E-state index in [2.05, 4.69) is 9.97 Å². The van der Waals surface area contributed by atoms with E-state index in [0.717, 1.165) is 21.6 Å². The third-order valence-corrected chi connectivity index (χ3v) is 6.47. The standard InChI is InChI=1S/C7H6Cl4N2OS2/c1-3-2-4(14)13-6(12-3)15-16-7(10,11)5(8)9/h2,5H,1H3,(H,12,13,14). The Morgan fingerprint density at radius 2 is 2.00 bits per heavy atom. The molecule has 1 rings (SSSR count). The molecule has 1 aromatic heterocycles. The molecule has 0 radical (unpaired) electrons. The van der Waals surface area contributed by atoms with Crippen LogP contribution in [0, 0.1) is 6.92 Å². The number of halogens is 4. The lowest BCUT2D eigenvalue weighted by atomic mass is 10.4. The van der Waals surface area contributed by atoms with E-state index in [9.17, 15) is 5.11 Å². The Balaban J connectivity index is 2.68. The van der Waals surface area contributed by atoms with Gasteiger partial charge in [-0.1, -0.05) is 23.2 Å². The van der Waals surface area contributed by atoms with Gasteiger partial charge in [-0.15, -0.1) is 23.2 Å². The molecule has 0 saturated heterocycles. The minimum absolute atomic E-state index is 0.112. The lowest BCUT2D eigenvalue weighted by molar-refractivity contribution is 0.444. The number of rotatable bonds is 4. The molecule has 1 N–H and O–H groups in total. The van der Waals surface area contributed by atoms with Gasteiger partial charge in [0.25, 0.3) is 0 Å². The predicted octanol–water partition coefficient (Wildman–Crippen LogP) is 4.17. The lowest BCUT2D eigenvalue weighted by Gasteiger charge is -2.18. The predicted molar refractivity (Wildman–Crippen MR) is 71.8 cm³/mol. The smallest absolute Gasteiger partial charge is 0.215 e. The first kappa shape index (κ1) is 14.8. The first-order valence-electron chi connectivity index (χ1n) is 3.87. The summed E-state index contributed by atoms with van der Waals surface area (Å²) in [6, 6.07) is 1.44. The van der Waals surface area contributed by atoms with Crippen molar-refractivity contribution in [2.45, 2.75) is 20.6 Å². The zero-order valence-electron chi connectivity index (χ0n) is 7.82. The van der Waals surface area contributed by atoms with E-state index in [4.69, 9.17) is 46.4 Å². The van der Waals surface area contributed by atoms with Crippen molar-refractivity contribution in [2.75, 3.05) is 0 Å². The Labute approximate surface area is 121 Å². The molecule has 0 aromatic carbocycles. The molecule has 0 aliphatic heterocycles. The van der Waals surface area contributed by atoms with E-state index in [1.54, 1.807) is 6.92 Å². The van der Waals surface area contributed by atoms with Gasteiger partial charge in [0, 0.05) is 11.8 Å². The third kappa shape index (κ3) is 4.55. The molecule has 0 saturated carbocycles. The van der Waals surface area contributed by atoms with Gasteiger partial charge in [-0.25, -0.2) is 4.98 Å². The van der Waals surface area contributed by atoms with Gasteiger partial charge < -0.3 is 5.11 Å². The summed E-state index contributed by atoms with van der Waals surface area (Å²) >= 11 is 22.8. The summed E-state index contributed by atoms with van der Waals surface area (Å²) in [6.07, 6.45) is 0. The molecule has 0 bridgehead atoms. The average molecular weight is 340 g/mol. The van der Waals surface area contributed by atoms with E-state index < -0.39 is 8.50 Å². The molecule has 16 heavy (non-hydrogen) atoms.